The molecule has 1 aliphatic rings. The Kier molecular flexibility index (Phi) is 4.52. The van der Waals surface area contributed by atoms with Crippen molar-refractivity contribution >= 4 is 6.08 Å². The van der Waals surface area contributed by atoms with Gasteiger partial charge in [-0.15, -0.1) is 0 Å². The van der Waals surface area contributed by atoms with E-state index in [1.54, 1.807) is 0 Å². The third-order valence-corrected chi connectivity index (χ3v) is 4.48. The van der Waals surface area contributed by atoms with Crippen LogP contribution >= 0.6 is 0 Å². The normalized spacial score (nSPS) is 22.9. The van der Waals surface area contributed by atoms with Crippen LogP contribution in [0.2, 0.25) is 0 Å². The van der Waals surface area contributed by atoms with Crippen molar-refractivity contribution in [1.82, 2.24) is 4.90 Å². The maximum atomic E-state index is 2.58. The Hall–Kier alpha value is -1.86. The highest BCUT2D eigenvalue weighted by atomic mass is 15.2. The topological polar surface area (TPSA) is 3.24 Å². The minimum absolute atomic E-state index is 0.512. The molecule has 3 rings (SSSR count). The van der Waals surface area contributed by atoms with Crippen LogP contribution < -0.4 is 0 Å². The van der Waals surface area contributed by atoms with Gasteiger partial charge >= 0.3 is 0 Å². The number of rotatable bonds is 4. The van der Waals surface area contributed by atoms with Crippen LogP contribution in [0.3, 0.4) is 0 Å². The van der Waals surface area contributed by atoms with Crippen LogP contribution in [0.15, 0.2) is 66.7 Å². The summed E-state index contributed by atoms with van der Waals surface area (Å²) in [5.74, 6) is 0.617. The predicted molar refractivity (Wildman–Crippen MR) is 90.3 cm³/mol. The third-order valence-electron chi connectivity index (χ3n) is 4.48. The Balaban J connectivity index is 1.83. The van der Waals surface area contributed by atoms with Gasteiger partial charge in [-0.3, -0.25) is 4.90 Å². The molecule has 1 heterocycles. The molecule has 21 heavy (non-hydrogen) atoms. The fourth-order valence-electron chi connectivity index (χ4n) is 3.34. The summed E-state index contributed by atoms with van der Waals surface area (Å²) in [4.78, 5) is 2.58. The van der Waals surface area contributed by atoms with Crippen LogP contribution in [0.5, 0.6) is 0 Å². The SMILES string of the molecule is CCN1CC[C@@H](c2ccccc2)[C@H]1/C=C/c1ccccc1. The Morgan fingerprint density at radius 1 is 1.00 bits per heavy atom. The molecule has 1 heteroatoms. The minimum Gasteiger partial charge on any atom is -0.297 e. The van der Waals surface area contributed by atoms with Gasteiger partial charge in [-0.05, 0) is 30.6 Å². The molecular formula is C20H23N. The van der Waals surface area contributed by atoms with Gasteiger partial charge in [-0.2, -0.15) is 0 Å². The fourth-order valence-corrected chi connectivity index (χ4v) is 3.34. The van der Waals surface area contributed by atoms with Crippen LogP contribution in [0, 0.1) is 0 Å². The zero-order valence-corrected chi connectivity index (χ0v) is 12.7. The largest absolute Gasteiger partial charge is 0.297 e. The first-order chi connectivity index (χ1) is 10.4. The molecule has 0 bridgehead atoms. The molecular weight excluding hydrogens is 254 g/mol. The molecule has 0 saturated carbocycles. The smallest absolute Gasteiger partial charge is 0.0350 e. The van der Waals surface area contributed by atoms with Crippen molar-refractivity contribution in [2.45, 2.75) is 25.3 Å². The van der Waals surface area contributed by atoms with Crippen LogP contribution in [0.25, 0.3) is 6.08 Å². The van der Waals surface area contributed by atoms with E-state index in [2.05, 4.69) is 84.6 Å². The molecule has 0 aromatic heterocycles. The molecule has 0 aliphatic carbocycles. The van der Waals surface area contributed by atoms with Crippen molar-refractivity contribution in [3.63, 3.8) is 0 Å². The number of hydrogen-bond acceptors (Lipinski definition) is 1. The summed E-state index contributed by atoms with van der Waals surface area (Å²) >= 11 is 0. The maximum absolute atomic E-state index is 2.58. The van der Waals surface area contributed by atoms with Crippen molar-refractivity contribution in [1.29, 1.82) is 0 Å². The molecule has 0 spiro atoms. The highest BCUT2D eigenvalue weighted by Crippen LogP contribution is 2.34. The molecule has 1 nitrogen and oxygen atoms in total. The molecule has 2 aromatic rings. The monoisotopic (exact) mass is 277 g/mol. The van der Waals surface area contributed by atoms with E-state index in [-0.39, 0.29) is 0 Å². The third kappa shape index (κ3) is 3.25. The number of benzene rings is 2. The molecule has 0 radical (unpaired) electrons. The molecule has 0 unspecified atom stereocenters. The van der Waals surface area contributed by atoms with E-state index in [9.17, 15) is 0 Å². The van der Waals surface area contributed by atoms with Crippen molar-refractivity contribution < 1.29 is 0 Å². The van der Waals surface area contributed by atoms with Crippen molar-refractivity contribution in [3.05, 3.63) is 77.9 Å². The van der Waals surface area contributed by atoms with E-state index in [1.807, 2.05) is 0 Å². The van der Waals surface area contributed by atoms with Crippen molar-refractivity contribution in [3.8, 4) is 0 Å². The molecule has 2 atom stereocenters. The van der Waals surface area contributed by atoms with E-state index in [0.29, 0.717) is 12.0 Å². The van der Waals surface area contributed by atoms with Gasteiger partial charge in [0.15, 0.2) is 0 Å². The highest BCUT2D eigenvalue weighted by molar-refractivity contribution is 5.50. The van der Waals surface area contributed by atoms with Gasteiger partial charge in [-0.1, -0.05) is 79.7 Å². The maximum Gasteiger partial charge on any atom is 0.0350 e. The lowest BCUT2D eigenvalue weighted by Gasteiger charge is -2.24. The lowest BCUT2D eigenvalue weighted by Crippen LogP contribution is -2.30. The second kappa shape index (κ2) is 6.73. The molecule has 1 aliphatic heterocycles. The van der Waals surface area contributed by atoms with Crippen LogP contribution in [-0.4, -0.2) is 24.0 Å². The summed E-state index contributed by atoms with van der Waals surface area (Å²) < 4.78 is 0. The molecule has 0 N–H and O–H groups in total. The standard InChI is InChI=1S/C20H23N/c1-2-21-16-15-19(18-11-7-4-8-12-18)20(21)14-13-17-9-5-3-6-10-17/h3-14,19-20H,2,15-16H2,1H3/b14-13+/t19-,20+/m0/s1. The summed E-state index contributed by atoms with van der Waals surface area (Å²) in [6, 6.07) is 22.1. The number of likely N-dealkylation sites (tertiary alicyclic amines) is 1. The molecule has 108 valence electrons. The molecule has 2 aromatic carbocycles. The molecule has 1 saturated heterocycles. The number of nitrogens with zero attached hydrogens (tertiary/aromatic N) is 1. The number of likely N-dealkylation sites (N-methyl/N-ethyl adjacent to an activating group) is 1. The predicted octanol–water partition coefficient (Wildman–Crippen LogP) is 4.58. The van der Waals surface area contributed by atoms with E-state index >= 15 is 0 Å². The zero-order valence-electron chi connectivity index (χ0n) is 12.7. The zero-order chi connectivity index (χ0) is 14.5. The highest BCUT2D eigenvalue weighted by Gasteiger charge is 2.31. The first kappa shape index (κ1) is 14.1. The van der Waals surface area contributed by atoms with E-state index in [1.165, 1.54) is 24.1 Å². The molecule has 0 amide bonds. The van der Waals surface area contributed by atoms with Gasteiger partial charge < -0.3 is 0 Å². The number of hydrogen-bond donors (Lipinski definition) is 0. The van der Waals surface area contributed by atoms with Gasteiger partial charge in [0.1, 0.15) is 0 Å². The second-order valence-electron chi connectivity index (χ2n) is 5.69. The average Bonchev–Trinajstić information content (AvgIpc) is 2.97. The van der Waals surface area contributed by atoms with Gasteiger partial charge in [-0.25, -0.2) is 0 Å². The molecule has 1 fully saturated rings. The second-order valence-corrected chi connectivity index (χ2v) is 5.69. The Labute approximate surface area is 127 Å². The van der Waals surface area contributed by atoms with Gasteiger partial charge in [0, 0.05) is 12.0 Å². The van der Waals surface area contributed by atoms with E-state index in [4.69, 9.17) is 0 Å². The summed E-state index contributed by atoms with van der Waals surface area (Å²) in [5.41, 5.74) is 2.75. The van der Waals surface area contributed by atoms with Gasteiger partial charge in [0.25, 0.3) is 0 Å². The van der Waals surface area contributed by atoms with Crippen LogP contribution in [-0.2, 0) is 0 Å². The minimum atomic E-state index is 0.512. The summed E-state index contributed by atoms with van der Waals surface area (Å²) in [5, 5.41) is 0. The first-order valence-electron chi connectivity index (χ1n) is 7.90. The van der Waals surface area contributed by atoms with Gasteiger partial charge in [0.2, 0.25) is 0 Å². The van der Waals surface area contributed by atoms with Gasteiger partial charge in [0.05, 0.1) is 0 Å². The summed E-state index contributed by atoms with van der Waals surface area (Å²) in [6.45, 7) is 4.57. The van der Waals surface area contributed by atoms with E-state index in [0.717, 1.165) is 6.54 Å². The fraction of sp³-hybridized carbons (Fsp3) is 0.300. The lowest BCUT2D eigenvalue weighted by molar-refractivity contribution is 0.298. The summed E-state index contributed by atoms with van der Waals surface area (Å²) in [6.07, 6.45) is 5.92. The average molecular weight is 277 g/mol. The Morgan fingerprint density at radius 3 is 2.33 bits per heavy atom. The van der Waals surface area contributed by atoms with Crippen LogP contribution in [0.4, 0.5) is 0 Å². The lowest BCUT2D eigenvalue weighted by atomic mass is 9.91. The van der Waals surface area contributed by atoms with E-state index < -0.39 is 0 Å². The van der Waals surface area contributed by atoms with Crippen molar-refractivity contribution in [2.75, 3.05) is 13.1 Å². The Morgan fingerprint density at radius 2 is 1.67 bits per heavy atom. The Bertz CT molecular complexity index is 573. The van der Waals surface area contributed by atoms with Crippen molar-refractivity contribution in [2.24, 2.45) is 0 Å². The first-order valence-corrected chi connectivity index (χ1v) is 7.90. The summed E-state index contributed by atoms with van der Waals surface area (Å²) in [7, 11) is 0. The van der Waals surface area contributed by atoms with Crippen LogP contribution in [0.1, 0.15) is 30.4 Å². The quantitative estimate of drug-likeness (QED) is 0.791.